The predicted molar refractivity (Wildman–Crippen MR) is 70.3 cm³/mol. The number of benzene rings is 1. The van der Waals surface area contributed by atoms with Gasteiger partial charge in [-0.1, -0.05) is 6.92 Å². The number of amides is 1. The van der Waals surface area contributed by atoms with Gasteiger partial charge in [-0.05, 0) is 18.6 Å². The zero-order chi connectivity index (χ0) is 16.0. The Morgan fingerprint density at radius 2 is 2.05 bits per heavy atom. The quantitative estimate of drug-likeness (QED) is 0.625. The average molecular weight is 305 g/mol. The average Bonchev–Trinajstić information content (AvgIpc) is 2.41. The number of anilines is 1. The molecule has 0 saturated carbocycles. The molecular formula is C12H14F3N3O3. The van der Waals surface area contributed by atoms with E-state index in [2.05, 4.69) is 5.32 Å². The molecule has 0 saturated heterocycles. The highest BCUT2D eigenvalue weighted by Crippen LogP contribution is 2.25. The highest BCUT2D eigenvalue weighted by atomic mass is 19.4. The first-order chi connectivity index (χ1) is 9.74. The SMILES string of the molecule is CCCNc1ccc(C(=O)NCC(F)(F)F)cc1[N+](=O)[O-]. The van der Waals surface area contributed by atoms with Crippen LogP contribution in [-0.2, 0) is 0 Å². The van der Waals surface area contributed by atoms with Gasteiger partial charge in [0.15, 0.2) is 0 Å². The Balaban J connectivity index is 2.92. The van der Waals surface area contributed by atoms with Crippen molar-refractivity contribution < 1.29 is 22.9 Å². The number of rotatable bonds is 6. The highest BCUT2D eigenvalue weighted by Gasteiger charge is 2.28. The minimum atomic E-state index is -4.54. The fraction of sp³-hybridized carbons (Fsp3) is 0.417. The van der Waals surface area contributed by atoms with Crippen LogP contribution < -0.4 is 10.6 Å². The van der Waals surface area contributed by atoms with Gasteiger partial charge >= 0.3 is 6.18 Å². The van der Waals surface area contributed by atoms with Gasteiger partial charge in [0.25, 0.3) is 11.6 Å². The molecule has 0 aromatic heterocycles. The molecule has 0 bridgehead atoms. The molecule has 1 aromatic carbocycles. The number of alkyl halides is 3. The fourth-order valence-electron chi connectivity index (χ4n) is 1.52. The summed E-state index contributed by atoms with van der Waals surface area (Å²) in [6, 6.07) is 3.48. The lowest BCUT2D eigenvalue weighted by molar-refractivity contribution is -0.384. The molecule has 6 nitrogen and oxygen atoms in total. The minimum absolute atomic E-state index is 0.201. The molecule has 0 radical (unpaired) electrons. The molecule has 0 heterocycles. The van der Waals surface area contributed by atoms with Crippen LogP contribution in [0.1, 0.15) is 23.7 Å². The zero-order valence-electron chi connectivity index (χ0n) is 11.2. The lowest BCUT2D eigenvalue weighted by Crippen LogP contribution is -2.33. The van der Waals surface area contributed by atoms with Crippen LogP contribution in [0.15, 0.2) is 18.2 Å². The molecule has 2 N–H and O–H groups in total. The van der Waals surface area contributed by atoms with E-state index < -0.39 is 23.6 Å². The molecule has 0 aliphatic heterocycles. The Bertz CT molecular complexity index is 532. The number of nitro groups is 1. The van der Waals surface area contributed by atoms with Gasteiger partial charge in [0.2, 0.25) is 0 Å². The van der Waals surface area contributed by atoms with E-state index in [1.54, 1.807) is 5.32 Å². The second kappa shape index (κ2) is 6.91. The molecule has 9 heteroatoms. The van der Waals surface area contributed by atoms with Crippen LogP contribution in [0.2, 0.25) is 0 Å². The van der Waals surface area contributed by atoms with Crippen molar-refractivity contribution in [3.8, 4) is 0 Å². The summed E-state index contributed by atoms with van der Waals surface area (Å²) in [5, 5.41) is 15.4. The van der Waals surface area contributed by atoms with E-state index >= 15 is 0 Å². The molecule has 0 spiro atoms. The van der Waals surface area contributed by atoms with Crippen LogP contribution in [0.5, 0.6) is 0 Å². The molecule has 0 unspecified atom stereocenters. The largest absolute Gasteiger partial charge is 0.405 e. The zero-order valence-corrected chi connectivity index (χ0v) is 11.2. The van der Waals surface area contributed by atoms with Gasteiger partial charge in [-0.2, -0.15) is 13.2 Å². The van der Waals surface area contributed by atoms with E-state index in [1.165, 1.54) is 12.1 Å². The number of nitrogens with zero attached hydrogens (tertiary/aromatic N) is 1. The van der Waals surface area contributed by atoms with Gasteiger partial charge in [0.1, 0.15) is 12.2 Å². The number of hydrogen-bond acceptors (Lipinski definition) is 4. The Morgan fingerprint density at radius 1 is 1.38 bits per heavy atom. The van der Waals surface area contributed by atoms with Gasteiger partial charge in [0, 0.05) is 18.2 Å². The van der Waals surface area contributed by atoms with Crippen LogP contribution in [-0.4, -0.2) is 30.1 Å². The summed E-state index contributed by atoms with van der Waals surface area (Å²) in [5.41, 5.74) is -0.342. The summed E-state index contributed by atoms with van der Waals surface area (Å²) >= 11 is 0. The molecule has 1 aromatic rings. The van der Waals surface area contributed by atoms with Gasteiger partial charge in [-0.25, -0.2) is 0 Å². The lowest BCUT2D eigenvalue weighted by Gasteiger charge is -2.10. The topological polar surface area (TPSA) is 84.3 Å². The highest BCUT2D eigenvalue weighted by molar-refractivity contribution is 5.95. The van der Waals surface area contributed by atoms with Crippen molar-refractivity contribution in [2.24, 2.45) is 0 Å². The van der Waals surface area contributed by atoms with Crippen molar-refractivity contribution in [3.05, 3.63) is 33.9 Å². The minimum Gasteiger partial charge on any atom is -0.380 e. The van der Waals surface area contributed by atoms with Gasteiger partial charge in [0.05, 0.1) is 4.92 Å². The number of carbonyl (C=O) groups excluding carboxylic acids is 1. The van der Waals surface area contributed by atoms with Crippen LogP contribution >= 0.6 is 0 Å². The summed E-state index contributed by atoms with van der Waals surface area (Å²) in [6.07, 6.45) is -3.80. The molecule has 0 fully saturated rings. The number of hydrogen-bond donors (Lipinski definition) is 2. The van der Waals surface area contributed by atoms with Gasteiger partial charge in [-0.3, -0.25) is 14.9 Å². The lowest BCUT2D eigenvalue weighted by atomic mass is 10.1. The van der Waals surface area contributed by atoms with E-state index in [0.717, 1.165) is 12.5 Å². The third-order valence-corrected chi connectivity index (χ3v) is 2.47. The Labute approximate surface area is 118 Å². The maximum atomic E-state index is 12.0. The molecule has 0 aliphatic rings. The maximum Gasteiger partial charge on any atom is 0.405 e. The van der Waals surface area contributed by atoms with Crippen LogP contribution in [0.4, 0.5) is 24.5 Å². The maximum absolute atomic E-state index is 12.0. The smallest absolute Gasteiger partial charge is 0.380 e. The van der Waals surface area contributed by atoms with E-state index in [9.17, 15) is 28.1 Å². The molecule has 21 heavy (non-hydrogen) atoms. The summed E-state index contributed by atoms with van der Waals surface area (Å²) in [7, 11) is 0. The molecule has 0 atom stereocenters. The first-order valence-corrected chi connectivity index (χ1v) is 6.12. The van der Waals surface area contributed by atoms with Gasteiger partial charge in [-0.15, -0.1) is 0 Å². The molecular weight excluding hydrogens is 291 g/mol. The van der Waals surface area contributed by atoms with Crippen molar-refractivity contribution in [3.63, 3.8) is 0 Å². The van der Waals surface area contributed by atoms with Crippen LogP contribution in [0.3, 0.4) is 0 Å². The number of carbonyl (C=O) groups is 1. The van der Waals surface area contributed by atoms with Crippen molar-refractivity contribution >= 4 is 17.3 Å². The summed E-state index contributed by atoms with van der Waals surface area (Å²) in [4.78, 5) is 21.8. The monoisotopic (exact) mass is 305 g/mol. The fourth-order valence-corrected chi connectivity index (χ4v) is 1.52. The third kappa shape index (κ3) is 5.28. The first-order valence-electron chi connectivity index (χ1n) is 6.12. The van der Waals surface area contributed by atoms with E-state index in [4.69, 9.17) is 0 Å². The standard InChI is InChI=1S/C12H14F3N3O3/c1-2-5-16-9-4-3-8(6-10(9)18(20)21)11(19)17-7-12(13,14)15/h3-4,6,16H,2,5,7H2,1H3,(H,17,19). The second-order valence-electron chi connectivity index (χ2n) is 4.21. The van der Waals surface area contributed by atoms with Crippen molar-refractivity contribution in [2.75, 3.05) is 18.4 Å². The molecule has 1 amide bonds. The van der Waals surface area contributed by atoms with Crippen molar-refractivity contribution in [2.45, 2.75) is 19.5 Å². The normalized spacial score (nSPS) is 11.0. The Morgan fingerprint density at radius 3 is 2.57 bits per heavy atom. The van der Waals surface area contributed by atoms with E-state index in [1.807, 2.05) is 6.92 Å². The van der Waals surface area contributed by atoms with Crippen molar-refractivity contribution in [1.29, 1.82) is 0 Å². The third-order valence-electron chi connectivity index (χ3n) is 2.47. The summed E-state index contributed by atoms with van der Waals surface area (Å²) in [6.45, 7) is 0.883. The number of nitro benzene ring substituents is 1. The van der Waals surface area contributed by atoms with Crippen molar-refractivity contribution in [1.82, 2.24) is 5.32 Å². The number of nitrogens with one attached hydrogen (secondary N) is 2. The summed E-state index contributed by atoms with van der Waals surface area (Å²) < 4.78 is 36.0. The van der Waals surface area contributed by atoms with Gasteiger partial charge < -0.3 is 10.6 Å². The Kier molecular flexibility index (Phi) is 5.51. The molecule has 116 valence electrons. The summed E-state index contributed by atoms with van der Waals surface area (Å²) in [5.74, 6) is -1.02. The van der Waals surface area contributed by atoms with E-state index in [0.29, 0.717) is 6.54 Å². The predicted octanol–water partition coefficient (Wildman–Crippen LogP) is 2.71. The van der Waals surface area contributed by atoms with E-state index in [-0.39, 0.29) is 16.9 Å². The molecule has 1 rings (SSSR count). The van der Waals surface area contributed by atoms with Crippen LogP contribution in [0.25, 0.3) is 0 Å². The first kappa shape index (κ1) is 16.7. The van der Waals surface area contributed by atoms with Crippen LogP contribution in [0, 0.1) is 10.1 Å². The second-order valence-corrected chi connectivity index (χ2v) is 4.21. The molecule has 0 aliphatic carbocycles. The Hall–Kier alpha value is -2.32. The number of halogens is 3.